The summed E-state index contributed by atoms with van der Waals surface area (Å²) in [6.45, 7) is 5.25. The minimum absolute atomic E-state index is 0.111. The molecule has 3 aromatic carbocycles. The lowest BCUT2D eigenvalue weighted by atomic mass is 10.1. The Kier molecular flexibility index (Phi) is 8.47. The Hall–Kier alpha value is -3.34. The average molecular weight is 465 g/mol. The lowest BCUT2D eigenvalue weighted by molar-refractivity contribution is -0.146. The van der Waals surface area contributed by atoms with E-state index < -0.39 is 19.8 Å². The van der Waals surface area contributed by atoms with Crippen molar-refractivity contribution in [1.82, 2.24) is 5.09 Å². The molecule has 3 rings (SSSR count). The van der Waals surface area contributed by atoms with Gasteiger partial charge in [0.2, 0.25) is 0 Å². The van der Waals surface area contributed by atoms with Crippen LogP contribution in [0.4, 0.5) is 0 Å². The zero-order valence-electron chi connectivity index (χ0n) is 18.9. The van der Waals surface area contributed by atoms with Crippen LogP contribution in [0, 0.1) is 0 Å². The number of esters is 1. The molecule has 0 bridgehead atoms. The highest BCUT2D eigenvalue weighted by Crippen LogP contribution is 2.48. The van der Waals surface area contributed by atoms with Crippen molar-refractivity contribution in [3.63, 3.8) is 0 Å². The summed E-state index contributed by atoms with van der Waals surface area (Å²) in [6, 6.07) is 21.4. The van der Waals surface area contributed by atoms with Gasteiger partial charge in [-0.3, -0.25) is 4.79 Å². The molecule has 7 heteroatoms. The molecule has 1 N–H and O–H groups in total. The van der Waals surface area contributed by atoms with Gasteiger partial charge in [0, 0.05) is 5.39 Å². The van der Waals surface area contributed by atoms with Gasteiger partial charge >= 0.3 is 13.7 Å². The number of nitrogens with one attached hydrogen (secondary N) is 1. The average Bonchev–Trinajstić information content (AvgIpc) is 2.83. The van der Waals surface area contributed by atoms with Gasteiger partial charge in [-0.05, 0) is 49.9 Å². The summed E-state index contributed by atoms with van der Waals surface area (Å²) in [6.07, 6.45) is 5.09. The first kappa shape index (κ1) is 24.3. The predicted molar refractivity (Wildman–Crippen MR) is 131 cm³/mol. The Balaban J connectivity index is 1.82. The molecule has 172 valence electrons. The van der Waals surface area contributed by atoms with Gasteiger partial charge in [-0.15, -0.1) is 0 Å². The molecule has 0 aromatic heterocycles. The molecule has 6 nitrogen and oxygen atoms in total. The van der Waals surface area contributed by atoms with Crippen molar-refractivity contribution >= 4 is 24.5 Å². The highest BCUT2D eigenvalue weighted by molar-refractivity contribution is 7.52. The molecular formula is C26H28NO5P. The van der Waals surface area contributed by atoms with Crippen LogP contribution in [0.5, 0.6) is 5.75 Å². The SMILES string of the molecule is C/C=C\C(=C/C)OP(=O)(N[C@@H](C)C(=O)OCc1ccccc1)Oc1cccc2ccccc12. The third-order valence-corrected chi connectivity index (χ3v) is 6.33. The predicted octanol–water partition coefficient (Wildman–Crippen LogP) is 6.54. The van der Waals surface area contributed by atoms with Crippen LogP contribution in [-0.4, -0.2) is 12.0 Å². The van der Waals surface area contributed by atoms with E-state index in [0.717, 1.165) is 16.3 Å². The fraction of sp³-hybridized carbons (Fsp3) is 0.192. The van der Waals surface area contributed by atoms with Gasteiger partial charge in [0.25, 0.3) is 0 Å². The number of allylic oxidation sites excluding steroid dienone is 3. The van der Waals surface area contributed by atoms with E-state index in [4.69, 9.17) is 13.8 Å². The molecular weight excluding hydrogens is 437 g/mol. The quantitative estimate of drug-likeness (QED) is 0.159. The first-order chi connectivity index (χ1) is 15.9. The van der Waals surface area contributed by atoms with Crippen molar-refractivity contribution in [2.45, 2.75) is 33.4 Å². The molecule has 33 heavy (non-hydrogen) atoms. The van der Waals surface area contributed by atoms with Gasteiger partial charge in [0.15, 0.2) is 0 Å². The fourth-order valence-corrected chi connectivity index (χ4v) is 4.69. The molecule has 2 atom stereocenters. The number of carbonyl (C=O) groups is 1. The summed E-state index contributed by atoms with van der Waals surface area (Å²) in [4.78, 5) is 12.6. The second kappa shape index (κ2) is 11.5. The molecule has 1 unspecified atom stereocenters. The normalized spacial score (nSPS) is 14.6. The number of ether oxygens (including phenoxy) is 1. The summed E-state index contributed by atoms with van der Waals surface area (Å²) in [7, 11) is -4.02. The highest BCUT2D eigenvalue weighted by Gasteiger charge is 2.34. The zero-order chi connectivity index (χ0) is 23.7. The van der Waals surface area contributed by atoms with Crippen LogP contribution in [0.15, 0.2) is 96.8 Å². The smallest absolute Gasteiger partial charge is 0.460 e. The van der Waals surface area contributed by atoms with Crippen molar-refractivity contribution in [3.05, 3.63) is 102 Å². The number of carbonyl (C=O) groups excluding carboxylic acids is 1. The lowest BCUT2D eigenvalue weighted by Crippen LogP contribution is -2.35. The zero-order valence-corrected chi connectivity index (χ0v) is 19.8. The van der Waals surface area contributed by atoms with Crippen LogP contribution in [0.3, 0.4) is 0 Å². The first-order valence-electron chi connectivity index (χ1n) is 10.7. The van der Waals surface area contributed by atoms with E-state index in [1.165, 1.54) is 0 Å². The topological polar surface area (TPSA) is 73.9 Å². The van der Waals surface area contributed by atoms with Gasteiger partial charge in [-0.25, -0.2) is 4.57 Å². The number of benzene rings is 3. The summed E-state index contributed by atoms with van der Waals surface area (Å²) in [5.74, 6) is 0.153. The summed E-state index contributed by atoms with van der Waals surface area (Å²) >= 11 is 0. The summed E-state index contributed by atoms with van der Waals surface area (Å²) in [5.41, 5.74) is 0.855. The standard InChI is InChI=1S/C26H28NO5P/c1-4-12-23(5-2)31-33(29,32-25-18-11-16-22-15-9-10-17-24(22)25)27-20(3)26(28)30-19-21-13-7-6-8-14-21/h4-18,20H,19H2,1-3H3,(H,27,29)/b12-4-,23-5+/t20-,33?/m0/s1. The first-order valence-corrected chi connectivity index (χ1v) is 12.2. The van der Waals surface area contributed by atoms with E-state index in [0.29, 0.717) is 11.5 Å². The van der Waals surface area contributed by atoms with Gasteiger partial charge in [-0.2, -0.15) is 5.09 Å². The number of hydrogen-bond donors (Lipinski definition) is 1. The third-order valence-electron chi connectivity index (χ3n) is 4.74. The minimum Gasteiger partial charge on any atom is -0.460 e. The van der Waals surface area contributed by atoms with Gasteiger partial charge in [-0.1, -0.05) is 72.8 Å². The Labute approximate surface area is 194 Å². The molecule has 0 heterocycles. The Morgan fingerprint density at radius 2 is 1.70 bits per heavy atom. The molecule has 3 aromatic rings. The third kappa shape index (κ3) is 6.82. The molecule has 0 saturated heterocycles. The van der Waals surface area contributed by atoms with Crippen molar-refractivity contribution in [1.29, 1.82) is 0 Å². The lowest BCUT2D eigenvalue weighted by Gasteiger charge is -2.24. The van der Waals surface area contributed by atoms with Crippen molar-refractivity contribution in [3.8, 4) is 5.75 Å². The number of fused-ring (bicyclic) bond motifs is 1. The van der Waals surface area contributed by atoms with Crippen LogP contribution >= 0.6 is 7.75 Å². The molecule has 0 amide bonds. The van der Waals surface area contributed by atoms with Crippen LogP contribution in [0.1, 0.15) is 26.3 Å². The minimum atomic E-state index is -4.02. The Morgan fingerprint density at radius 3 is 2.42 bits per heavy atom. The van der Waals surface area contributed by atoms with Gasteiger partial charge in [0.05, 0.1) is 0 Å². The molecule has 0 aliphatic carbocycles. The molecule has 0 radical (unpaired) electrons. The van der Waals surface area contributed by atoms with E-state index in [2.05, 4.69) is 5.09 Å². The van der Waals surface area contributed by atoms with E-state index in [1.807, 2.05) is 73.7 Å². The van der Waals surface area contributed by atoms with E-state index in [-0.39, 0.29) is 6.61 Å². The highest BCUT2D eigenvalue weighted by atomic mass is 31.2. The molecule has 0 fully saturated rings. The monoisotopic (exact) mass is 465 g/mol. The van der Waals surface area contributed by atoms with Crippen molar-refractivity contribution in [2.75, 3.05) is 0 Å². The van der Waals surface area contributed by atoms with Gasteiger partial charge < -0.3 is 13.8 Å². The summed E-state index contributed by atoms with van der Waals surface area (Å²) in [5, 5.41) is 4.43. The van der Waals surface area contributed by atoms with Crippen LogP contribution in [-0.2, 0) is 25.2 Å². The van der Waals surface area contributed by atoms with Crippen molar-refractivity contribution < 1.29 is 23.1 Å². The molecule has 0 spiro atoms. The molecule has 0 aliphatic rings. The van der Waals surface area contributed by atoms with E-state index in [9.17, 15) is 9.36 Å². The van der Waals surface area contributed by atoms with Crippen molar-refractivity contribution in [2.24, 2.45) is 0 Å². The number of rotatable bonds is 10. The van der Waals surface area contributed by atoms with E-state index in [1.54, 1.807) is 38.1 Å². The maximum atomic E-state index is 13.8. The van der Waals surface area contributed by atoms with Crippen LogP contribution in [0.25, 0.3) is 10.8 Å². The van der Waals surface area contributed by atoms with Crippen LogP contribution < -0.4 is 9.61 Å². The molecule has 0 saturated carbocycles. The maximum Gasteiger partial charge on any atom is 0.513 e. The maximum absolute atomic E-state index is 13.8. The second-order valence-corrected chi connectivity index (χ2v) is 8.91. The number of hydrogen-bond acceptors (Lipinski definition) is 5. The largest absolute Gasteiger partial charge is 0.513 e. The molecule has 0 aliphatic heterocycles. The summed E-state index contributed by atoms with van der Waals surface area (Å²) < 4.78 is 30.9. The Bertz CT molecular complexity index is 1180. The van der Waals surface area contributed by atoms with E-state index >= 15 is 0 Å². The second-order valence-electron chi connectivity index (χ2n) is 7.29. The fourth-order valence-electron chi connectivity index (χ4n) is 3.10. The van der Waals surface area contributed by atoms with Gasteiger partial charge in [0.1, 0.15) is 24.2 Å². The van der Waals surface area contributed by atoms with Crippen LogP contribution in [0.2, 0.25) is 0 Å². The Morgan fingerprint density at radius 1 is 1.00 bits per heavy atom.